The van der Waals surface area contributed by atoms with Gasteiger partial charge in [0, 0.05) is 19.2 Å². The van der Waals surface area contributed by atoms with Crippen molar-refractivity contribution >= 4 is 10.0 Å². The van der Waals surface area contributed by atoms with Crippen molar-refractivity contribution in [1.82, 2.24) is 14.3 Å². The SMILES string of the molecule is CN(CC(C)(C)CN)S(=O)(=O)c1cnc(-c2ccccc2)nc1. The largest absolute Gasteiger partial charge is 0.330 e. The van der Waals surface area contributed by atoms with Crippen molar-refractivity contribution in [2.24, 2.45) is 11.1 Å². The third kappa shape index (κ3) is 4.13. The van der Waals surface area contributed by atoms with Gasteiger partial charge in [-0.25, -0.2) is 22.7 Å². The minimum atomic E-state index is -3.63. The van der Waals surface area contributed by atoms with Gasteiger partial charge in [-0.15, -0.1) is 0 Å². The lowest BCUT2D eigenvalue weighted by molar-refractivity contribution is 0.292. The molecule has 0 aliphatic rings. The maximum Gasteiger partial charge on any atom is 0.245 e. The van der Waals surface area contributed by atoms with Gasteiger partial charge in [-0.3, -0.25) is 0 Å². The summed E-state index contributed by atoms with van der Waals surface area (Å²) in [6.45, 7) is 4.57. The van der Waals surface area contributed by atoms with E-state index in [0.717, 1.165) is 5.56 Å². The third-order valence-electron chi connectivity index (χ3n) is 3.57. The van der Waals surface area contributed by atoms with Crippen LogP contribution in [0.25, 0.3) is 11.4 Å². The van der Waals surface area contributed by atoms with E-state index in [-0.39, 0.29) is 10.3 Å². The molecule has 124 valence electrons. The highest BCUT2D eigenvalue weighted by Gasteiger charge is 2.27. The second-order valence-electron chi connectivity index (χ2n) is 6.24. The molecule has 0 spiro atoms. The van der Waals surface area contributed by atoms with Crippen molar-refractivity contribution in [3.63, 3.8) is 0 Å². The Balaban J connectivity index is 2.24. The highest BCUT2D eigenvalue weighted by Crippen LogP contribution is 2.21. The minimum Gasteiger partial charge on any atom is -0.330 e. The standard InChI is InChI=1S/C16H22N4O2S/c1-16(2,11-17)12-20(3)23(21,22)14-9-18-15(19-10-14)13-7-5-4-6-8-13/h4-10H,11-12,17H2,1-3H3. The van der Waals surface area contributed by atoms with Crippen LogP contribution in [0.15, 0.2) is 47.6 Å². The van der Waals surface area contributed by atoms with Crippen LogP contribution in [-0.4, -0.2) is 42.8 Å². The minimum absolute atomic E-state index is 0.0764. The van der Waals surface area contributed by atoms with E-state index in [1.54, 1.807) is 0 Å². The molecule has 1 heterocycles. The number of benzene rings is 1. The first-order valence-electron chi connectivity index (χ1n) is 7.30. The van der Waals surface area contributed by atoms with Crippen LogP contribution in [0.3, 0.4) is 0 Å². The molecule has 0 radical (unpaired) electrons. The first-order valence-corrected chi connectivity index (χ1v) is 8.74. The highest BCUT2D eigenvalue weighted by atomic mass is 32.2. The van der Waals surface area contributed by atoms with Gasteiger partial charge in [-0.05, 0) is 12.0 Å². The molecule has 0 unspecified atom stereocenters. The zero-order chi connectivity index (χ0) is 17.1. The van der Waals surface area contributed by atoms with Gasteiger partial charge >= 0.3 is 0 Å². The maximum atomic E-state index is 12.6. The normalized spacial score (nSPS) is 12.6. The van der Waals surface area contributed by atoms with E-state index in [2.05, 4.69) is 9.97 Å². The van der Waals surface area contributed by atoms with Gasteiger partial charge in [0.15, 0.2) is 5.82 Å². The Kier molecular flexibility index (Phi) is 5.13. The summed E-state index contributed by atoms with van der Waals surface area (Å²) in [7, 11) is -2.09. The molecule has 2 rings (SSSR count). The second-order valence-corrected chi connectivity index (χ2v) is 8.28. The summed E-state index contributed by atoms with van der Waals surface area (Å²) < 4.78 is 26.4. The molecule has 0 fully saturated rings. The molecule has 1 aromatic heterocycles. The molecule has 0 saturated carbocycles. The second kappa shape index (κ2) is 6.74. The molecule has 0 atom stereocenters. The monoisotopic (exact) mass is 334 g/mol. The highest BCUT2D eigenvalue weighted by molar-refractivity contribution is 7.89. The summed E-state index contributed by atoms with van der Waals surface area (Å²) in [5.41, 5.74) is 6.22. The molecule has 0 aliphatic carbocycles. The summed E-state index contributed by atoms with van der Waals surface area (Å²) >= 11 is 0. The topological polar surface area (TPSA) is 89.2 Å². The van der Waals surface area contributed by atoms with E-state index in [0.29, 0.717) is 18.9 Å². The van der Waals surface area contributed by atoms with Gasteiger partial charge in [0.25, 0.3) is 0 Å². The quantitative estimate of drug-likeness (QED) is 0.869. The van der Waals surface area contributed by atoms with E-state index in [9.17, 15) is 8.42 Å². The number of nitrogens with zero attached hydrogens (tertiary/aromatic N) is 3. The van der Waals surface area contributed by atoms with Gasteiger partial charge in [0.2, 0.25) is 10.0 Å². The first-order chi connectivity index (χ1) is 10.8. The summed E-state index contributed by atoms with van der Waals surface area (Å²) in [4.78, 5) is 8.42. The molecular formula is C16H22N4O2S. The third-order valence-corrected chi connectivity index (χ3v) is 5.33. The smallest absolute Gasteiger partial charge is 0.245 e. The number of rotatable bonds is 6. The Labute approximate surface area is 137 Å². The Morgan fingerprint density at radius 3 is 2.22 bits per heavy atom. The van der Waals surface area contributed by atoms with Crippen LogP contribution in [0.2, 0.25) is 0 Å². The number of hydrogen-bond acceptors (Lipinski definition) is 5. The molecule has 2 aromatic rings. The fourth-order valence-corrected chi connectivity index (χ4v) is 3.37. The van der Waals surface area contributed by atoms with Crippen LogP contribution in [-0.2, 0) is 10.0 Å². The average Bonchev–Trinajstić information content (AvgIpc) is 2.55. The van der Waals surface area contributed by atoms with Crippen molar-refractivity contribution in [2.45, 2.75) is 18.7 Å². The van der Waals surface area contributed by atoms with E-state index < -0.39 is 10.0 Å². The molecule has 1 aromatic carbocycles. The molecular weight excluding hydrogens is 312 g/mol. The molecule has 6 nitrogen and oxygen atoms in total. The molecule has 7 heteroatoms. The number of hydrogen-bond donors (Lipinski definition) is 1. The van der Waals surface area contributed by atoms with E-state index >= 15 is 0 Å². The van der Waals surface area contributed by atoms with Crippen LogP contribution < -0.4 is 5.73 Å². The lowest BCUT2D eigenvalue weighted by Gasteiger charge is -2.28. The predicted octanol–water partition coefficient (Wildman–Crippen LogP) is 1.75. The number of sulfonamides is 1. The van der Waals surface area contributed by atoms with Crippen molar-refractivity contribution in [1.29, 1.82) is 0 Å². The zero-order valence-corrected chi connectivity index (χ0v) is 14.4. The van der Waals surface area contributed by atoms with Crippen LogP contribution in [0.4, 0.5) is 0 Å². The Morgan fingerprint density at radius 2 is 1.70 bits per heavy atom. The number of nitrogens with two attached hydrogens (primary N) is 1. The van der Waals surface area contributed by atoms with Crippen LogP contribution in [0.5, 0.6) is 0 Å². The van der Waals surface area contributed by atoms with Crippen molar-refractivity contribution in [3.8, 4) is 11.4 Å². The Bertz CT molecular complexity index is 743. The molecule has 0 aliphatic heterocycles. The lowest BCUT2D eigenvalue weighted by atomic mass is 9.94. The molecule has 2 N–H and O–H groups in total. The fraction of sp³-hybridized carbons (Fsp3) is 0.375. The molecule has 23 heavy (non-hydrogen) atoms. The molecule has 0 bridgehead atoms. The summed E-state index contributed by atoms with van der Waals surface area (Å²) in [6, 6.07) is 9.41. The van der Waals surface area contributed by atoms with Gasteiger partial charge in [-0.1, -0.05) is 44.2 Å². The predicted molar refractivity (Wildman–Crippen MR) is 90.1 cm³/mol. The summed E-state index contributed by atoms with van der Waals surface area (Å²) in [5.74, 6) is 0.495. The molecule has 0 saturated heterocycles. The van der Waals surface area contributed by atoms with E-state index in [1.807, 2.05) is 44.2 Å². The molecule has 0 amide bonds. The Hall–Kier alpha value is -1.83. The van der Waals surface area contributed by atoms with Crippen LogP contribution in [0.1, 0.15) is 13.8 Å². The summed E-state index contributed by atoms with van der Waals surface area (Å²) in [6.07, 6.45) is 2.69. The van der Waals surface area contributed by atoms with Gasteiger partial charge in [0.05, 0.1) is 12.4 Å². The van der Waals surface area contributed by atoms with Crippen molar-refractivity contribution in [2.75, 3.05) is 20.1 Å². The van der Waals surface area contributed by atoms with E-state index in [4.69, 9.17) is 5.73 Å². The van der Waals surface area contributed by atoms with Crippen LogP contribution in [0, 0.1) is 5.41 Å². The van der Waals surface area contributed by atoms with Crippen molar-refractivity contribution < 1.29 is 8.42 Å². The van der Waals surface area contributed by atoms with Crippen molar-refractivity contribution in [3.05, 3.63) is 42.7 Å². The first kappa shape index (κ1) is 17.5. The van der Waals surface area contributed by atoms with Crippen LogP contribution >= 0.6 is 0 Å². The van der Waals surface area contributed by atoms with E-state index in [1.165, 1.54) is 23.7 Å². The van der Waals surface area contributed by atoms with Gasteiger partial charge in [0.1, 0.15) is 4.90 Å². The van der Waals surface area contributed by atoms with Gasteiger partial charge in [-0.2, -0.15) is 0 Å². The Morgan fingerprint density at radius 1 is 1.13 bits per heavy atom. The average molecular weight is 334 g/mol. The fourth-order valence-electron chi connectivity index (χ4n) is 2.12. The lowest BCUT2D eigenvalue weighted by Crippen LogP contribution is -2.39. The maximum absolute atomic E-state index is 12.6. The zero-order valence-electron chi connectivity index (χ0n) is 13.6. The van der Waals surface area contributed by atoms with Gasteiger partial charge < -0.3 is 5.73 Å². The number of aromatic nitrogens is 2. The summed E-state index contributed by atoms with van der Waals surface area (Å²) in [5, 5.41) is 0.